The SMILES string of the molecule is C=CCNC(C(C)C)C(O)c1ccc(N(C)C)cc1. The number of aliphatic hydroxyl groups is 1. The van der Waals surface area contributed by atoms with Crippen molar-refractivity contribution in [2.24, 2.45) is 5.92 Å². The smallest absolute Gasteiger partial charge is 0.0945 e. The Morgan fingerprint density at radius 1 is 1.26 bits per heavy atom. The molecule has 2 atom stereocenters. The van der Waals surface area contributed by atoms with Crippen LogP contribution in [0.3, 0.4) is 0 Å². The molecule has 2 N–H and O–H groups in total. The second-order valence-electron chi connectivity index (χ2n) is 5.40. The zero-order valence-electron chi connectivity index (χ0n) is 12.4. The third kappa shape index (κ3) is 4.37. The molecule has 1 aromatic carbocycles. The Morgan fingerprint density at radius 2 is 1.84 bits per heavy atom. The molecular weight excluding hydrogens is 236 g/mol. The fourth-order valence-corrected chi connectivity index (χ4v) is 2.11. The van der Waals surface area contributed by atoms with Crippen LogP contribution in [0.4, 0.5) is 5.69 Å². The first-order valence-electron chi connectivity index (χ1n) is 6.77. The van der Waals surface area contributed by atoms with Gasteiger partial charge in [0.15, 0.2) is 0 Å². The van der Waals surface area contributed by atoms with E-state index in [0.717, 1.165) is 11.3 Å². The molecule has 19 heavy (non-hydrogen) atoms. The van der Waals surface area contributed by atoms with Crippen LogP contribution in [0.5, 0.6) is 0 Å². The van der Waals surface area contributed by atoms with E-state index >= 15 is 0 Å². The first-order valence-corrected chi connectivity index (χ1v) is 6.77. The zero-order chi connectivity index (χ0) is 14.4. The monoisotopic (exact) mass is 262 g/mol. The fraction of sp³-hybridized carbons (Fsp3) is 0.500. The Kier molecular flexibility index (Phi) is 6.06. The van der Waals surface area contributed by atoms with Gasteiger partial charge < -0.3 is 15.3 Å². The van der Waals surface area contributed by atoms with E-state index in [9.17, 15) is 5.11 Å². The molecule has 3 heteroatoms. The summed E-state index contributed by atoms with van der Waals surface area (Å²) in [4.78, 5) is 2.05. The van der Waals surface area contributed by atoms with Crippen molar-refractivity contribution in [1.29, 1.82) is 0 Å². The standard InChI is InChI=1S/C16H26N2O/c1-6-11-17-15(12(2)3)16(19)13-7-9-14(10-8-13)18(4)5/h6-10,12,15-17,19H,1,11H2,2-5H3. The Labute approximate surface area is 116 Å². The van der Waals surface area contributed by atoms with Crippen LogP contribution in [-0.4, -0.2) is 31.8 Å². The lowest BCUT2D eigenvalue weighted by molar-refractivity contribution is 0.107. The maximum absolute atomic E-state index is 10.5. The fourth-order valence-electron chi connectivity index (χ4n) is 2.11. The number of nitrogens with one attached hydrogen (secondary N) is 1. The van der Waals surface area contributed by atoms with Crippen molar-refractivity contribution in [2.45, 2.75) is 26.0 Å². The van der Waals surface area contributed by atoms with E-state index in [0.29, 0.717) is 12.5 Å². The molecule has 0 aliphatic carbocycles. The van der Waals surface area contributed by atoms with Crippen LogP contribution in [-0.2, 0) is 0 Å². The van der Waals surface area contributed by atoms with Gasteiger partial charge in [-0.2, -0.15) is 0 Å². The van der Waals surface area contributed by atoms with Gasteiger partial charge in [0, 0.05) is 32.4 Å². The number of hydrogen-bond donors (Lipinski definition) is 2. The number of benzene rings is 1. The van der Waals surface area contributed by atoms with Crippen molar-refractivity contribution in [3.05, 3.63) is 42.5 Å². The van der Waals surface area contributed by atoms with Crippen LogP contribution in [0.15, 0.2) is 36.9 Å². The first-order chi connectivity index (χ1) is 8.97. The molecule has 0 bridgehead atoms. The largest absolute Gasteiger partial charge is 0.387 e. The van der Waals surface area contributed by atoms with Gasteiger partial charge in [0.2, 0.25) is 0 Å². The average Bonchev–Trinajstić information content (AvgIpc) is 2.38. The molecule has 1 aromatic rings. The molecule has 1 rings (SSSR count). The van der Waals surface area contributed by atoms with E-state index in [4.69, 9.17) is 0 Å². The lowest BCUT2D eigenvalue weighted by Gasteiger charge is -2.28. The Hall–Kier alpha value is -1.32. The van der Waals surface area contributed by atoms with Gasteiger partial charge in [-0.25, -0.2) is 0 Å². The summed E-state index contributed by atoms with van der Waals surface area (Å²) in [7, 11) is 4.02. The maximum atomic E-state index is 10.5. The number of aliphatic hydroxyl groups excluding tert-OH is 1. The van der Waals surface area contributed by atoms with Crippen LogP contribution in [0.2, 0.25) is 0 Å². The second kappa shape index (κ2) is 7.31. The molecule has 0 saturated heterocycles. The Bertz CT molecular complexity index is 384. The topological polar surface area (TPSA) is 35.5 Å². The molecule has 0 saturated carbocycles. The summed E-state index contributed by atoms with van der Waals surface area (Å²) in [6.07, 6.45) is 1.31. The van der Waals surface area contributed by atoms with Gasteiger partial charge >= 0.3 is 0 Å². The highest BCUT2D eigenvalue weighted by molar-refractivity contribution is 5.46. The summed E-state index contributed by atoms with van der Waals surface area (Å²) < 4.78 is 0. The predicted octanol–water partition coefficient (Wildman–Crippen LogP) is 2.59. The number of anilines is 1. The average molecular weight is 262 g/mol. The highest BCUT2D eigenvalue weighted by atomic mass is 16.3. The lowest BCUT2D eigenvalue weighted by Crippen LogP contribution is -2.39. The van der Waals surface area contributed by atoms with Crippen molar-refractivity contribution < 1.29 is 5.11 Å². The van der Waals surface area contributed by atoms with Gasteiger partial charge in [-0.15, -0.1) is 6.58 Å². The quantitative estimate of drug-likeness (QED) is 0.741. The minimum Gasteiger partial charge on any atom is -0.387 e. The highest BCUT2D eigenvalue weighted by Gasteiger charge is 2.23. The summed E-state index contributed by atoms with van der Waals surface area (Å²) >= 11 is 0. The van der Waals surface area contributed by atoms with E-state index in [2.05, 4.69) is 25.7 Å². The minimum atomic E-state index is -0.504. The van der Waals surface area contributed by atoms with E-state index in [-0.39, 0.29) is 6.04 Å². The van der Waals surface area contributed by atoms with Crippen molar-refractivity contribution >= 4 is 5.69 Å². The van der Waals surface area contributed by atoms with E-state index < -0.39 is 6.10 Å². The molecule has 0 aromatic heterocycles. The van der Waals surface area contributed by atoms with Crippen LogP contribution in [0.1, 0.15) is 25.5 Å². The summed E-state index contributed by atoms with van der Waals surface area (Å²) in [5.74, 6) is 0.350. The van der Waals surface area contributed by atoms with Crippen LogP contribution in [0.25, 0.3) is 0 Å². The predicted molar refractivity (Wildman–Crippen MR) is 82.6 cm³/mol. The molecule has 106 valence electrons. The first kappa shape index (κ1) is 15.7. The third-order valence-electron chi connectivity index (χ3n) is 3.31. The summed E-state index contributed by atoms with van der Waals surface area (Å²) in [6.45, 7) is 8.63. The third-order valence-corrected chi connectivity index (χ3v) is 3.31. The van der Waals surface area contributed by atoms with E-state index in [1.165, 1.54) is 0 Å². The highest BCUT2D eigenvalue weighted by Crippen LogP contribution is 2.24. The van der Waals surface area contributed by atoms with Crippen molar-refractivity contribution in [2.75, 3.05) is 25.5 Å². The molecular formula is C16H26N2O. The maximum Gasteiger partial charge on any atom is 0.0945 e. The molecule has 3 nitrogen and oxygen atoms in total. The number of hydrogen-bond acceptors (Lipinski definition) is 3. The van der Waals surface area contributed by atoms with Gasteiger partial charge in [0.05, 0.1) is 6.10 Å². The molecule has 2 unspecified atom stereocenters. The normalized spacial score (nSPS) is 14.2. The van der Waals surface area contributed by atoms with Gasteiger partial charge in [0.25, 0.3) is 0 Å². The molecule has 0 aliphatic rings. The molecule has 0 spiro atoms. The van der Waals surface area contributed by atoms with Crippen molar-refractivity contribution in [1.82, 2.24) is 5.32 Å². The molecule has 0 aliphatic heterocycles. The minimum absolute atomic E-state index is 0.0307. The van der Waals surface area contributed by atoms with E-state index in [1.807, 2.05) is 49.3 Å². The molecule has 0 amide bonds. The van der Waals surface area contributed by atoms with Gasteiger partial charge in [0.1, 0.15) is 0 Å². The lowest BCUT2D eigenvalue weighted by atomic mass is 9.93. The van der Waals surface area contributed by atoms with Crippen molar-refractivity contribution in [3.8, 4) is 0 Å². The van der Waals surface area contributed by atoms with Crippen LogP contribution < -0.4 is 10.2 Å². The molecule has 0 heterocycles. The summed E-state index contributed by atoms with van der Waals surface area (Å²) in [6, 6.07) is 8.08. The van der Waals surface area contributed by atoms with Crippen molar-refractivity contribution in [3.63, 3.8) is 0 Å². The van der Waals surface area contributed by atoms with E-state index in [1.54, 1.807) is 0 Å². The molecule has 0 fully saturated rings. The Balaban J connectivity index is 2.83. The number of rotatable bonds is 7. The second-order valence-corrected chi connectivity index (χ2v) is 5.40. The zero-order valence-corrected chi connectivity index (χ0v) is 12.4. The Morgan fingerprint density at radius 3 is 2.26 bits per heavy atom. The summed E-state index contributed by atoms with van der Waals surface area (Å²) in [5, 5.41) is 13.8. The summed E-state index contributed by atoms with van der Waals surface area (Å²) in [5.41, 5.74) is 2.08. The van der Waals surface area contributed by atoms with Gasteiger partial charge in [-0.05, 0) is 23.6 Å². The molecule has 0 radical (unpaired) electrons. The van der Waals surface area contributed by atoms with Crippen LogP contribution >= 0.6 is 0 Å². The number of nitrogens with zero attached hydrogens (tertiary/aromatic N) is 1. The van der Waals surface area contributed by atoms with Crippen LogP contribution in [0, 0.1) is 5.92 Å². The van der Waals surface area contributed by atoms with Gasteiger partial charge in [-0.1, -0.05) is 32.1 Å². The van der Waals surface area contributed by atoms with Gasteiger partial charge in [-0.3, -0.25) is 0 Å².